The molecular formula is C12H12Cl4O2. The fourth-order valence-electron chi connectivity index (χ4n) is 1.38. The van der Waals surface area contributed by atoms with Gasteiger partial charge in [0.25, 0.3) is 0 Å². The van der Waals surface area contributed by atoms with E-state index in [2.05, 4.69) is 0 Å². The van der Waals surface area contributed by atoms with Crippen LogP contribution in [0.4, 0.5) is 0 Å². The fraction of sp³-hybridized carbons (Fsp3) is 0.417. The Morgan fingerprint density at radius 3 is 2.22 bits per heavy atom. The monoisotopic (exact) mass is 328 g/mol. The van der Waals surface area contributed by atoms with Crippen molar-refractivity contribution in [3.63, 3.8) is 0 Å². The molecule has 0 aliphatic carbocycles. The molecular weight excluding hydrogens is 318 g/mol. The maximum atomic E-state index is 11.0. The summed E-state index contributed by atoms with van der Waals surface area (Å²) < 4.78 is 0. The largest absolute Gasteiger partial charge is 0.481 e. The van der Waals surface area contributed by atoms with Gasteiger partial charge in [-0.3, -0.25) is 4.79 Å². The van der Waals surface area contributed by atoms with Gasteiger partial charge in [-0.05, 0) is 38.3 Å². The number of carboxylic acids is 1. The van der Waals surface area contributed by atoms with E-state index in [9.17, 15) is 4.79 Å². The van der Waals surface area contributed by atoms with Crippen molar-refractivity contribution in [1.82, 2.24) is 0 Å². The molecule has 0 aliphatic rings. The number of carbonyl (C=O) groups is 1. The van der Waals surface area contributed by atoms with Gasteiger partial charge in [-0.2, -0.15) is 0 Å². The molecule has 0 fully saturated rings. The van der Waals surface area contributed by atoms with E-state index < -0.39 is 11.4 Å². The van der Waals surface area contributed by atoms with Gasteiger partial charge in [0.2, 0.25) is 0 Å². The van der Waals surface area contributed by atoms with Gasteiger partial charge >= 0.3 is 5.97 Å². The molecule has 0 heterocycles. The summed E-state index contributed by atoms with van der Waals surface area (Å²) in [4.78, 5) is 11.0. The Hall–Kier alpha value is -0.150. The number of carboxylic acid groups (broad SMARTS) is 1. The van der Waals surface area contributed by atoms with Crippen LogP contribution in [0, 0.1) is 5.41 Å². The van der Waals surface area contributed by atoms with Crippen molar-refractivity contribution in [2.24, 2.45) is 5.41 Å². The third-order valence-corrected chi connectivity index (χ3v) is 4.43. The molecule has 1 N–H and O–H groups in total. The SMILES string of the molecule is CC(C)(CCc1c(Cl)cc(Cl)c(Cl)c1Cl)C(=O)O. The Morgan fingerprint density at radius 2 is 1.72 bits per heavy atom. The third kappa shape index (κ3) is 3.45. The lowest BCUT2D eigenvalue weighted by molar-refractivity contribution is -0.147. The second kappa shape index (κ2) is 5.87. The summed E-state index contributed by atoms with van der Waals surface area (Å²) in [5.74, 6) is -0.866. The summed E-state index contributed by atoms with van der Waals surface area (Å²) in [6.07, 6.45) is 0.827. The smallest absolute Gasteiger partial charge is 0.309 e. The summed E-state index contributed by atoms with van der Waals surface area (Å²) in [5, 5.41) is 10.3. The van der Waals surface area contributed by atoms with E-state index in [1.54, 1.807) is 13.8 Å². The van der Waals surface area contributed by atoms with Gasteiger partial charge in [0, 0.05) is 5.02 Å². The van der Waals surface area contributed by atoms with E-state index in [1.165, 1.54) is 6.07 Å². The molecule has 0 aromatic heterocycles. The highest BCUT2D eigenvalue weighted by Gasteiger charge is 2.27. The first kappa shape index (κ1) is 15.9. The molecule has 18 heavy (non-hydrogen) atoms. The zero-order valence-corrected chi connectivity index (χ0v) is 12.9. The lowest BCUT2D eigenvalue weighted by Gasteiger charge is -2.20. The Morgan fingerprint density at radius 1 is 1.17 bits per heavy atom. The topological polar surface area (TPSA) is 37.3 Å². The summed E-state index contributed by atoms with van der Waals surface area (Å²) in [6.45, 7) is 3.29. The van der Waals surface area contributed by atoms with Crippen LogP contribution in [-0.4, -0.2) is 11.1 Å². The zero-order chi connectivity index (χ0) is 14.1. The van der Waals surface area contributed by atoms with E-state index in [0.29, 0.717) is 23.4 Å². The molecule has 1 aromatic carbocycles. The molecule has 0 atom stereocenters. The standard InChI is InChI=1S/C12H12Cl4O2/c1-12(2,11(17)18)4-3-6-7(13)5-8(14)10(16)9(6)15/h5H,3-4H2,1-2H3,(H,17,18). The highest BCUT2D eigenvalue weighted by Crippen LogP contribution is 2.39. The number of aliphatic carboxylic acids is 1. The van der Waals surface area contributed by atoms with Gasteiger partial charge in [-0.25, -0.2) is 0 Å². The molecule has 0 aliphatic heterocycles. The first-order chi connectivity index (χ1) is 8.16. The average molecular weight is 330 g/mol. The summed E-state index contributed by atoms with van der Waals surface area (Å²) in [7, 11) is 0. The fourth-order valence-corrected chi connectivity index (χ4v) is 2.50. The van der Waals surface area contributed by atoms with Crippen LogP contribution in [-0.2, 0) is 11.2 Å². The summed E-state index contributed by atoms with van der Waals surface area (Å²) in [6, 6.07) is 1.51. The molecule has 6 heteroatoms. The van der Waals surface area contributed by atoms with Crippen LogP contribution in [0.2, 0.25) is 20.1 Å². The molecule has 1 aromatic rings. The number of benzene rings is 1. The molecule has 0 spiro atoms. The summed E-state index contributed by atoms with van der Waals surface area (Å²) in [5.41, 5.74) is -0.222. The second-order valence-electron chi connectivity index (χ2n) is 4.64. The van der Waals surface area contributed by atoms with Crippen molar-refractivity contribution in [3.05, 3.63) is 31.7 Å². The molecule has 0 bridgehead atoms. The van der Waals surface area contributed by atoms with E-state index in [0.717, 1.165) is 0 Å². The summed E-state index contributed by atoms with van der Waals surface area (Å²) >= 11 is 23.9. The first-order valence-electron chi connectivity index (χ1n) is 5.22. The lowest BCUT2D eigenvalue weighted by Crippen LogP contribution is -2.24. The van der Waals surface area contributed by atoms with Gasteiger partial charge < -0.3 is 5.11 Å². The van der Waals surface area contributed by atoms with Crippen LogP contribution in [0.15, 0.2) is 6.07 Å². The lowest BCUT2D eigenvalue weighted by atomic mass is 9.86. The Balaban J connectivity index is 3.00. The van der Waals surface area contributed by atoms with Crippen LogP contribution in [0.1, 0.15) is 25.8 Å². The molecule has 100 valence electrons. The Labute approximate surface area is 126 Å². The maximum Gasteiger partial charge on any atom is 0.309 e. The first-order valence-corrected chi connectivity index (χ1v) is 6.73. The third-order valence-electron chi connectivity index (χ3n) is 2.79. The number of halogens is 4. The molecule has 2 nitrogen and oxygen atoms in total. The molecule has 0 amide bonds. The highest BCUT2D eigenvalue weighted by atomic mass is 35.5. The predicted molar refractivity (Wildman–Crippen MR) is 76.2 cm³/mol. The maximum absolute atomic E-state index is 11.0. The van der Waals surface area contributed by atoms with Crippen LogP contribution in [0.5, 0.6) is 0 Å². The van der Waals surface area contributed by atoms with Crippen molar-refractivity contribution in [2.75, 3.05) is 0 Å². The Kier molecular flexibility index (Phi) is 5.19. The minimum absolute atomic E-state index is 0.242. The van der Waals surface area contributed by atoms with Crippen LogP contribution >= 0.6 is 46.4 Å². The van der Waals surface area contributed by atoms with Gasteiger partial charge in [0.15, 0.2) is 0 Å². The van der Waals surface area contributed by atoms with Crippen molar-refractivity contribution < 1.29 is 9.90 Å². The van der Waals surface area contributed by atoms with Gasteiger partial charge in [-0.15, -0.1) is 0 Å². The minimum atomic E-state index is -0.866. The molecule has 1 rings (SSSR count). The van der Waals surface area contributed by atoms with Crippen molar-refractivity contribution in [3.8, 4) is 0 Å². The van der Waals surface area contributed by atoms with E-state index in [4.69, 9.17) is 51.5 Å². The van der Waals surface area contributed by atoms with Crippen LogP contribution in [0.3, 0.4) is 0 Å². The van der Waals surface area contributed by atoms with Crippen LogP contribution < -0.4 is 0 Å². The van der Waals surface area contributed by atoms with E-state index in [1.807, 2.05) is 0 Å². The molecule has 0 saturated heterocycles. The van der Waals surface area contributed by atoms with E-state index >= 15 is 0 Å². The molecule has 0 saturated carbocycles. The predicted octanol–water partition coefficient (Wildman–Crippen LogP) is 5.34. The number of rotatable bonds is 4. The molecule has 0 unspecified atom stereocenters. The minimum Gasteiger partial charge on any atom is -0.481 e. The number of hydrogen-bond donors (Lipinski definition) is 1. The van der Waals surface area contributed by atoms with E-state index in [-0.39, 0.29) is 15.1 Å². The normalized spacial score (nSPS) is 11.7. The van der Waals surface area contributed by atoms with Crippen LogP contribution in [0.25, 0.3) is 0 Å². The average Bonchev–Trinajstić information content (AvgIpc) is 2.25. The molecule has 0 radical (unpaired) electrons. The number of hydrogen-bond acceptors (Lipinski definition) is 1. The van der Waals surface area contributed by atoms with Crippen molar-refractivity contribution in [1.29, 1.82) is 0 Å². The van der Waals surface area contributed by atoms with Crippen molar-refractivity contribution >= 4 is 52.4 Å². The zero-order valence-electron chi connectivity index (χ0n) is 9.86. The Bertz CT molecular complexity index is 483. The van der Waals surface area contributed by atoms with Gasteiger partial charge in [0.1, 0.15) is 0 Å². The van der Waals surface area contributed by atoms with Crippen molar-refractivity contribution in [2.45, 2.75) is 26.7 Å². The quantitative estimate of drug-likeness (QED) is 0.597. The van der Waals surface area contributed by atoms with Gasteiger partial charge in [0.05, 0.1) is 20.5 Å². The second-order valence-corrected chi connectivity index (χ2v) is 6.21. The van der Waals surface area contributed by atoms with Gasteiger partial charge in [-0.1, -0.05) is 46.4 Å². The highest BCUT2D eigenvalue weighted by molar-refractivity contribution is 6.49.